The summed E-state index contributed by atoms with van der Waals surface area (Å²) in [5.74, 6) is -0.951. The molecule has 0 spiro atoms. The van der Waals surface area contributed by atoms with Crippen LogP contribution in [0, 0.1) is 6.92 Å². The van der Waals surface area contributed by atoms with Crippen LogP contribution in [-0.2, 0) is 9.59 Å². The highest BCUT2D eigenvalue weighted by Gasteiger charge is 2.09. The Kier molecular flexibility index (Phi) is 5.73. The number of nitrogens with one attached hydrogen (secondary N) is 1. The second-order valence-electron chi connectivity index (χ2n) is 4.08. The summed E-state index contributed by atoms with van der Waals surface area (Å²) in [6, 6.07) is 0. The monoisotopic (exact) mass is 271 g/mol. The minimum atomic E-state index is -0.814. The molecule has 100 valence electrons. The first-order valence-electron chi connectivity index (χ1n) is 5.59. The van der Waals surface area contributed by atoms with Crippen molar-refractivity contribution in [3.05, 3.63) is 11.1 Å². The molecule has 1 amide bonds. The molecule has 2 N–H and O–H groups in total. The number of carbonyl (C=O) groups is 2. The third kappa shape index (κ3) is 5.74. The van der Waals surface area contributed by atoms with Crippen molar-refractivity contribution in [2.45, 2.75) is 19.8 Å². The zero-order valence-electron chi connectivity index (χ0n) is 10.5. The van der Waals surface area contributed by atoms with Crippen molar-refractivity contribution in [1.82, 2.24) is 9.88 Å². The molecule has 6 nitrogen and oxygen atoms in total. The van der Waals surface area contributed by atoms with Gasteiger partial charge in [-0.25, -0.2) is 4.98 Å². The normalized spacial score (nSPS) is 10.6. The van der Waals surface area contributed by atoms with Gasteiger partial charge in [0.2, 0.25) is 5.91 Å². The van der Waals surface area contributed by atoms with Gasteiger partial charge in [-0.2, -0.15) is 0 Å². The summed E-state index contributed by atoms with van der Waals surface area (Å²) in [5, 5.41) is 13.7. The van der Waals surface area contributed by atoms with E-state index >= 15 is 0 Å². The summed E-state index contributed by atoms with van der Waals surface area (Å²) < 4.78 is 0. The van der Waals surface area contributed by atoms with E-state index in [1.54, 1.807) is 11.9 Å². The highest BCUT2D eigenvalue weighted by molar-refractivity contribution is 7.13. The van der Waals surface area contributed by atoms with E-state index < -0.39 is 5.97 Å². The predicted molar refractivity (Wildman–Crippen MR) is 69.8 cm³/mol. The topological polar surface area (TPSA) is 82.5 Å². The number of hydrogen-bond acceptors (Lipinski definition) is 5. The number of thiazole rings is 1. The first-order chi connectivity index (χ1) is 8.47. The molecule has 1 heterocycles. The fourth-order valence-corrected chi connectivity index (χ4v) is 2.10. The fourth-order valence-electron chi connectivity index (χ4n) is 1.39. The summed E-state index contributed by atoms with van der Waals surface area (Å²) in [6.45, 7) is 2.68. The van der Waals surface area contributed by atoms with Crippen LogP contribution >= 0.6 is 11.3 Å². The smallest absolute Gasteiger partial charge is 0.303 e. The van der Waals surface area contributed by atoms with Gasteiger partial charge in [-0.1, -0.05) is 0 Å². The molecule has 0 saturated carbocycles. The predicted octanol–water partition coefficient (Wildman–Crippen LogP) is 1.19. The van der Waals surface area contributed by atoms with Crippen LogP contribution in [0.2, 0.25) is 0 Å². The molecule has 1 aromatic rings. The average molecular weight is 271 g/mol. The van der Waals surface area contributed by atoms with Crippen LogP contribution in [-0.4, -0.2) is 47.0 Å². The molecule has 1 rings (SSSR count). The number of anilines is 1. The Bertz CT molecular complexity index is 419. The van der Waals surface area contributed by atoms with Gasteiger partial charge in [0.05, 0.1) is 12.2 Å². The lowest BCUT2D eigenvalue weighted by Crippen LogP contribution is -2.31. The number of aryl methyl sites for hydroxylation is 1. The van der Waals surface area contributed by atoms with E-state index in [1.807, 2.05) is 12.3 Å². The average Bonchev–Trinajstić information content (AvgIpc) is 2.62. The van der Waals surface area contributed by atoms with Gasteiger partial charge in [0, 0.05) is 11.8 Å². The Labute approximate surface area is 110 Å². The van der Waals surface area contributed by atoms with Gasteiger partial charge >= 0.3 is 5.97 Å². The van der Waals surface area contributed by atoms with Crippen LogP contribution in [0.3, 0.4) is 0 Å². The van der Waals surface area contributed by atoms with E-state index in [0.717, 1.165) is 5.69 Å². The third-order valence-electron chi connectivity index (χ3n) is 2.21. The first-order valence-corrected chi connectivity index (χ1v) is 6.47. The lowest BCUT2D eigenvalue weighted by atomic mass is 10.3. The van der Waals surface area contributed by atoms with Crippen LogP contribution in [0.25, 0.3) is 0 Å². The van der Waals surface area contributed by atoms with E-state index in [4.69, 9.17) is 5.11 Å². The van der Waals surface area contributed by atoms with Crippen LogP contribution in [0.4, 0.5) is 5.13 Å². The van der Waals surface area contributed by atoms with E-state index in [9.17, 15) is 9.59 Å². The molecule has 0 radical (unpaired) electrons. The number of amides is 1. The quantitative estimate of drug-likeness (QED) is 0.778. The van der Waals surface area contributed by atoms with Crippen molar-refractivity contribution in [2.24, 2.45) is 0 Å². The molecule has 0 bridgehead atoms. The van der Waals surface area contributed by atoms with Crippen LogP contribution in [0.15, 0.2) is 5.38 Å². The summed E-state index contributed by atoms with van der Waals surface area (Å²) in [6.07, 6.45) is 0.660. The molecule has 0 aliphatic rings. The maximum Gasteiger partial charge on any atom is 0.303 e. The molecule has 1 aromatic heterocycles. The summed E-state index contributed by atoms with van der Waals surface area (Å²) in [4.78, 5) is 27.9. The van der Waals surface area contributed by atoms with Crippen molar-refractivity contribution in [3.8, 4) is 0 Å². The van der Waals surface area contributed by atoms with Gasteiger partial charge in [-0.15, -0.1) is 11.3 Å². The van der Waals surface area contributed by atoms with Crippen molar-refractivity contribution in [1.29, 1.82) is 0 Å². The van der Waals surface area contributed by atoms with Crippen LogP contribution in [0.1, 0.15) is 18.5 Å². The van der Waals surface area contributed by atoms with Gasteiger partial charge in [0.1, 0.15) is 0 Å². The van der Waals surface area contributed by atoms with E-state index in [1.165, 1.54) is 11.3 Å². The SMILES string of the molecule is Cc1csc(NC(=O)CN(C)CCCC(=O)O)n1. The van der Waals surface area contributed by atoms with Crippen LogP contribution in [0.5, 0.6) is 0 Å². The zero-order valence-corrected chi connectivity index (χ0v) is 11.3. The number of carboxylic acid groups (broad SMARTS) is 1. The molecular weight excluding hydrogens is 254 g/mol. The number of nitrogens with zero attached hydrogens (tertiary/aromatic N) is 2. The third-order valence-corrected chi connectivity index (χ3v) is 3.08. The Morgan fingerprint density at radius 3 is 2.83 bits per heavy atom. The highest BCUT2D eigenvalue weighted by Crippen LogP contribution is 2.13. The van der Waals surface area contributed by atoms with Gasteiger partial charge in [-0.3, -0.25) is 14.5 Å². The zero-order chi connectivity index (χ0) is 13.5. The Hall–Kier alpha value is -1.47. The molecule has 0 unspecified atom stereocenters. The minimum absolute atomic E-state index is 0.123. The van der Waals surface area contributed by atoms with Crippen molar-refractivity contribution in [2.75, 3.05) is 25.5 Å². The van der Waals surface area contributed by atoms with E-state index in [0.29, 0.717) is 18.1 Å². The Morgan fingerprint density at radius 1 is 1.56 bits per heavy atom. The summed E-state index contributed by atoms with van der Waals surface area (Å²) in [5.41, 5.74) is 0.880. The molecule has 0 aliphatic heterocycles. The molecular formula is C11H17N3O3S. The number of hydrogen-bond donors (Lipinski definition) is 2. The largest absolute Gasteiger partial charge is 0.481 e. The molecule has 18 heavy (non-hydrogen) atoms. The summed E-state index contributed by atoms with van der Waals surface area (Å²) >= 11 is 1.39. The number of likely N-dealkylation sites (N-methyl/N-ethyl adjacent to an activating group) is 1. The number of carbonyl (C=O) groups excluding carboxylic acids is 1. The molecule has 0 aromatic carbocycles. The van der Waals surface area contributed by atoms with Gasteiger partial charge in [0.15, 0.2) is 5.13 Å². The molecule has 7 heteroatoms. The van der Waals surface area contributed by atoms with Crippen molar-refractivity contribution >= 4 is 28.3 Å². The number of aliphatic carboxylic acids is 1. The molecule has 0 fully saturated rings. The second kappa shape index (κ2) is 7.07. The maximum absolute atomic E-state index is 11.6. The lowest BCUT2D eigenvalue weighted by molar-refractivity contribution is -0.137. The second-order valence-corrected chi connectivity index (χ2v) is 4.94. The number of carboxylic acids is 1. The molecule has 0 saturated heterocycles. The van der Waals surface area contributed by atoms with Crippen LogP contribution < -0.4 is 5.32 Å². The van der Waals surface area contributed by atoms with E-state index in [2.05, 4.69) is 10.3 Å². The molecule has 0 aliphatic carbocycles. The maximum atomic E-state index is 11.6. The molecule has 0 atom stereocenters. The van der Waals surface area contributed by atoms with Gasteiger partial charge in [0.25, 0.3) is 0 Å². The lowest BCUT2D eigenvalue weighted by Gasteiger charge is -2.14. The van der Waals surface area contributed by atoms with Gasteiger partial charge < -0.3 is 10.4 Å². The fraction of sp³-hybridized carbons (Fsp3) is 0.545. The van der Waals surface area contributed by atoms with Crippen molar-refractivity contribution in [3.63, 3.8) is 0 Å². The Morgan fingerprint density at radius 2 is 2.28 bits per heavy atom. The standard InChI is InChI=1S/C11H17N3O3S/c1-8-7-18-11(12-8)13-9(15)6-14(2)5-3-4-10(16)17/h7H,3-6H2,1-2H3,(H,16,17)(H,12,13,15). The van der Waals surface area contributed by atoms with Crippen molar-refractivity contribution < 1.29 is 14.7 Å². The highest BCUT2D eigenvalue weighted by atomic mass is 32.1. The van der Waals surface area contributed by atoms with E-state index in [-0.39, 0.29) is 18.9 Å². The Balaban J connectivity index is 2.25. The number of rotatable bonds is 7. The number of aromatic nitrogens is 1. The minimum Gasteiger partial charge on any atom is -0.481 e. The summed E-state index contributed by atoms with van der Waals surface area (Å²) in [7, 11) is 1.79. The first kappa shape index (κ1) is 14.6. The van der Waals surface area contributed by atoms with Gasteiger partial charge in [-0.05, 0) is 26.9 Å².